The van der Waals surface area contributed by atoms with Gasteiger partial charge in [0, 0.05) is 24.7 Å². The number of nitrogens with zero attached hydrogens (tertiary/aromatic N) is 1. The Morgan fingerprint density at radius 1 is 1.35 bits per heavy atom. The van der Waals surface area contributed by atoms with Crippen molar-refractivity contribution in [3.63, 3.8) is 0 Å². The minimum absolute atomic E-state index is 0.118. The van der Waals surface area contributed by atoms with E-state index >= 15 is 0 Å². The summed E-state index contributed by atoms with van der Waals surface area (Å²) >= 11 is 0. The van der Waals surface area contributed by atoms with Gasteiger partial charge in [0.15, 0.2) is 5.96 Å². The van der Waals surface area contributed by atoms with Gasteiger partial charge < -0.3 is 16.4 Å². The number of benzene rings is 1. The van der Waals surface area contributed by atoms with Crippen LogP contribution < -0.4 is 16.4 Å². The van der Waals surface area contributed by atoms with Crippen molar-refractivity contribution < 1.29 is 4.79 Å². The molecule has 4 N–H and O–H groups in total. The number of carbonyl (C=O) groups excluding carboxylic acids is 1. The lowest BCUT2D eigenvalue weighted by molar-refractivity contribution is -0.121. The van der Waals surface area contributed by atoms with E-state index in [1.54, 1.807) is 0 Å². The first kappa shape index (κ1) is 14.4. The Morgan fingerprint density at radius 3 is 2.70 bits per heavy atom. The van der Waals surface area contributed by atoms with Crippen molar-refractivity contribution in [2.45, 2.75) is 38.6 Å². The van der Waals surface area contributed by atoms with Gasteiger partial charge in [0.2, 0.25) is 5.91 Å². The van der Waals surface area contributed by atoms with Gasteiger partial charge in [-0.15, -0.1) is 0 Å². The normalized spacial score (nSPS) is 14.9. The zero-order chi connectivity index (χ0) is 14.4. The summed E-state index contributed by atoms with van der Waals surface area (Å²) in [6.45, 7) is 2.59. The third-order valence-corrected chi connectivity index (χ3v) is 3.11. The third kappa shape index (κ3) is 5.30. The molecule has 1 aromatic carbocycles. The van der Waals surface area contributed by atoms with Crippen LogP contribution in [-0.2, 0) is 4.79 Å². The summed E-state index contributed by atoms with van der Waals surface area (Å²) in [6, 6.07) is 8.37. The number of nitrogens with one attached hydrogen (secondary N) is 2. The highest BCUT2D eigenvalue weighted by molar-refractivity contribution is 5.92. The van der Waals surface area contributed by atoms with Crippen LogP contribution in [-0.4, -0.2) is 24.5 Å². The van der Waals surface area contributed by atoms with Crippen LogP contribution in [0.3, 0.4) is 0 Å². The smallest absolute Gasteiger partial charge is 0.220 e. The van der Waals surface area contributed by atoms with E-state index in [0.29, 0.717) is 25.0 Å². The molecule has 5 nitrogen and oxygen atoms in total. The van der Waals surface area contributed by atoms with Gasteiger partial charge >= 0.3 is 0 Å². The van der Waals surface area contributed by atoms with Crippen LogP contribution in [0.25, 0.3) is 0 Å². The average Bonchev–Trinajstić information content (AvgIpc) is 3.21. The van der Waals surface area contributed by atoms with Crippen molar-refractivity contribution >= 4 is 17.6 Å². The van der Waals surface area contributed by atoms with E-state index in [1.165, 1.54) is 5.56 Å². The molecule has 2 rings (SSSR count). The summed E-state index contributed by atoms with van der Waals surface area (Å²) in [5.41, 5.74) is 7.91. The van der Waals surface area contributed by atoms with Crippen molar-refractivity contribution in [2.75, 3.05) is 11.9 Å². The second-order valence-corrected chi connectivity index (χ2v) is 5.20. The van der Waals surface area contributed by atoms with Gasteiger partial charge in [-0.05, 0) is 38.3 Å². The Morgan fingerprint density at radius 2 is 2.05 bits per heavy atom. The van der Waals surface area contributed by atoms with Gasteiger partial charge in [-0.1, -0.05) is 17.7 Å². The first-order chi connectivity index (χ1) is 9.63. The molecule has 0 bridgehead atoms. The molecular weight excluding hydrogens is 252 g/mol. The van der Waals surface area contributed by atoms with E-state index in [4.69, 9.17) is 5.73 Å². The Hall–Kier alpha value is -2.04. The molecule has 0 unspecified atom stereocenters. The van der Waals surface area contributed by atoms with Gasteiger partial charge in [-0.2, -0.15) is 0 Å². The van der Waals surface area contributed by atoms with Crippen molar-refractivity contribution in [2.24, 2.45) is 10.7 Å². The van der Waals surface area contributed by atoms with Crippen LogP contribution in [0.4, 0.5) is 5.69 Å². The van der Waals surface area contributed by atoms with Crippen molar-refractivity contribution in [1.82, 2.24) is 5.32 Å². The van der Waals surface area contributed by atoms with Crippen LogP contribution >= 0.6 is 0 Å². The summed E-state index contributed by atoms with van der Waals surface area (Å²) in [7, 11) is 0. The van der Waals surface area contributed by atoms with Crippen LogP contribution in [0.1, 0.15) is 31.2 Å². The summed E-state index contributed by atoms with van der Waals surface area (Å²) in [5.74, 6) is 0.504. The second kappa shape index (κ2) is 6.93. The van der Waals surface area contributed by atoms with E-state index < -0.39 is 0 Å². The molecule has 0 radical (unpaired) electrons. The van der Waals surface area contributed by atoms with E-state index in [9.17, 15) is 4.79 Å². The molecule has 0 heterocycles. The quantitative estimate of drug-likeness (QED) is 0.420. The van der Waals surface area contributed by atoms with Crippen LogP contribution in [0.15, 0.2) is 29.3 Å². The fraction of sp³-hybridized carbons (Fsp3) is 0.467. The Bertz CT molecular complexity index is 477. The van der Waals surface area contributed by atoms with Crippen LogP contribution in [0.5, 0.6) is 0 Å². The number of rotatable bonds is 6. The minimum atomic E-state index is 0.118. The molecule has 1 aliphatic rings. The fourth-order valence-corrected chi connectivity index (χ4v) is 1.79. The van der Waals surface area contributed by atoms with Gasteiger partial charge in [-0.25, -0.2) is 0 Å². The van der Waals surface area contributed by atoms with E-state index in [-0.39, 0.29) is 5.91 Å². The third-order valence-electron chi connectivity index (χ3n) is 3.11. The standard InChI is InChI=1S/C15H22N4O/c1-11-4-6-13(7-5-11)19-15(16)17-10-2-3-14(20)18-12-8-9-12/h4-7,12H,2-3,8-10H2,1H3,(H,18,20)(H3,16,17,19). The summed E-state index contributed by atoms with van der Waals surface area (Å²) < 4.78 is 0. The maximum atomic E-state index is 11.5. The number of aryl methyl sites for hydroxylation is 1. The number of anilines is 1. The molecule has 0 aliphatic heterocycles. The highest BCUT2D eigenvalue weighted by Crippen LogP contribution is 2.18. The number of hydrogen-bond donors (Lipinski definition) is 3. The Labute approximate surface area is 119 Å². The summed E-state index contributed by atoms with van der Waals surface area (Å²) in [4.78, 5) is 15.7. The Balaban J connectivity index is 1.65. The lowest BCUT2D eigenvalue weighted by Gasteiger charge is -2.06. The number of hydrogen-bond acceptors (Lipinski definition) is 2. The Kier molecular flexibility index (Phi) is 4.98. The number of guanidine groups is 1. The van der Waals surface area contributed by atoms with E-state index in [1.807, 2.05) is 31.2 Å². The molecule has 1 aromatic rings. The highest BCUT2D eigenvalue weighted by Gasteiger charge is 2.22. The maximum Gasteiger partial charge on any atom is 0.220 e. The maximum absolute atomic E-state index is 11.5. The number of aliphatic imine (C=N–C) groups is 1. The lowest BCUT2D eigenvalue weighted by Crippen LogP contribution is -2.25. The topological polar surface area (TPSA) is 79.5 Å². The monoisotopic (exact) mass is 274 g/mol. The molecule has 1 aliphatic carbocycles. The van der Waals surface area contributed by atoms with Crippen molar-refractivity contribution in [3.05, 3.63) is 29.8 Å². The largest absolute Gasteiger partial charge is 0.370 e. The molecule has 108 valence electrons. The van der Waals surface area contributed by atoms with E-state index in [2.05, 4.69) is 15.6 Å². The molecule has 1 amide bonds. The summed E-state index contributed by atoms with van der Waals surface area (Å²) in [5, 5.41) is 5.98. The molecular formula is C15H22N4O. The van der Waals surface area contributed by atoms with Gasteiger partial charge in [0.05, 0.1) is 0 Å². The molecule has 0 spiro atoms. The zero-order valence-electron chi connectivity index (χ0n) is 11.9. The SMILES string of the molecule is Cc1ccc(NC(N)=NCCCC(=O)NC2CC2)cc1. The molecule has 1 fully saturated rings. The number of carbonyl (C=O) groups is 1. The zero-order valence-corrected chi connectivity index (χ0v) is 11.9. The molecule has 0 saturated heterocycles. The first-order valence-electron chi connectivity index (χ1n) is 7.06. The van der Waals surface area contributed by atoms with E-state index in [0.717, 1.165) is 24.9 Å². The van der Waals surface area contributed by atoms with Gasteiger partial charge in [0.25, 0.3) is 0 Å². The minimum Gasteiger partial charge on any atom is -0.370 e. The molecule has 0 aromatic heterocycles. The fourth-order valence-electron chi connectivity index (χ4n) is 1.79. The predicted molar refractivity (Wildman–Crippen MR) is 81.7 cm³/mol. The highest BCUT2D eigenvalue weighted by atomic mass is 16.1. The first-order valence-corrected chi connectivity index (χ1v) is 7.06. The van der Waals surface area contributed by atoms with Crippen molar-refractivity contribution in [3.8, 4) is 0 Å². The lowest BCUT2D eigenvalue weighted by atomic mass is 10.2. The van der Waals surface area contributed by atoms with Crippen LogP contribution in [0.2, 0.25) is 0 Å². The average molecular weight is 274 g/mol. The molecule has 1 saturated carbocycles. The summed E-state index contributed by atoms with van der Waals surface area (Å²) in [6.07, 6.45) is 3.47. The second-order valence-electron chi connectivity index (χ2n) is 5.20. The molecule has 20 heavy (non-hydrogen) atoms. The number of amides is 1. The molecule has 0 atom stereocenters. The number of nitrogens with two attached hydrogens (primary N) is 1. The predicted octanol–water partition coefficient (Wildman–Crippen LogP) is 1.78. The molecule has 5 heteroatoms. The van der Waals surface area contributed by atoms with Gasteiger partial charge in [0.1, 0.15) is 0 Å². The van der Waals surface area contributed by atoms with Crippen molar-refractivity contribution in [1.29, 1.82) is 0 Å². The van der Waals surface area contributed by atoms with Crippen LogP contribution in [0, 0.1) is 6.92 Å². The van der Waals surface area contributed by atoms with Gasteiger partial charge in [-0.3, -0.25) is 9.79 Å².